The number of nitrogens with two attached hydrogens (primary N) is 1. The second-order valence-corrected chi connectivity index (χ2v) is 3.35. The molecule has 0 bridgehead atoms. The van der Waals surface area contributed by atoms with Crippen molar-refractivity contribution in [2.75, 3.05) is 26.2 Å². The molecule has 4 heteroatoms. The lowest BCUT2D eigenvalue weighted by molar-refractivity contribution is 0.290. The van der Waals surface area contributed by atoms with Crippen LogP contribution in [0.25, 0.3) is 0 Å². The van der Waals surface area contributed by atoms with Gasteiger partial charge in [0.05, 0.1) is 5.69 Å². The lowest BCUT2D eigenvalue weighted by Crippen LogP contribution is -2.31. The van der Waals surface area contributed by atoms with Crippen molar-refractivity contribution in [1.82, 2.24) is 9.88 Å². The van der Waals surface area contributed by atoms with Crippen LogP contribution in [0.3, 0.4) is 0 Å². The van der Waals surface area contributed by atoms with Gasteiger partial charge in [-0.15, -0.1) is 0 Å². The van der Waals surface area contributed by atoms with Crippen molar-refractivity contribution in [3.63, 3.8) is 0 Å². The fraction of sp³-hybridized carbons (Fsp3) is 0.667. The Kier molecular flexibility index (Phi) is 2.61. The van der Waals surface area contributed by atoms with Crippen molar-refractivity contribution in [3.8, 4) is 0 Å². The quantitative estimate of drug-likeness (QED) is 0.699. The zero-order valence-electron chi connectivity index (χ0n) is 7.70. The predicted octanol–water partition coefficient (Wildman–Crippen LogP) is 0.0339. The number of rotatable bonds is 2. The van der Waals surface area contributed by atoms with Gasteiger partial charge < -0.3 is 15.1 Å². The molecule has 1 aromatic heterocycles. The maximum Gasteiger partial charge on any atom is 0.181 e. The molecule has 2 N–H and O–H groups in total. The molecule has 0 saturated carbocycles. The van der Waals surface area contributed by atoms with Crippen LogP contribution in [0.1, 0.15) is 11.5 Å². The minimum absolute atomic E-state index is 0.731. The van der Waals surface area contributed by atoms with E-state index in [9.17, 15) is 0 Å². The van der Waals surface area contributed by atoms with Crippen LogP contribution in [-0.4, -0.2) is 36.1 Å². The summed E-state index contributed by atoms with van der Waals surface area (Å²) >= 11 is 0. The molecule has 0 saturated heterocycles. The minimum atomic E-state index is 0.731. The third-order valence-electron chi connectivity index (χ3n) is 2.49. The van der Waals surface area contributed by atoms with Gasteiger partial charge in [-0.25, -0.2) is 4.98 Å². The van der Waals surface area contributed by atoms with Gasteiger partial charge in [0.15, 0.2) is 6.39 Å². The third kappa shape index (κ3) is 1.89. The first kappa shape index (κ1) is 8.72. The fourth-order valence-electron chi connectivity index (χ4n) is 1.74. The summed E-state index contributed by atoms with van der Waals surface area (Å²) < 4.78 is 5.29. The van der Waals surface area contributed by atoms with E-state index >= 15 is 0 Å². The molecule has 1 aliphatic heterocycles. The number of aromatic nitrogens is 1. The first-order valence-electron chi connectivity index (χ1n) is 4.74. The molecule has 0 spiro atoms. The van der Waals surface area contributed by atoms with Crippen LogP contribution in [0.5, 0.6) is 0 Å². The Balaban J connectivity index is 2.00. The summed E-state index contributed by atoms with van der Waals surface area (Å²) in [5.41, 5.74) is 6.63. The molecule has 0 atom stereocenters. The average molecular weight is 181 g/mol. The minimum Gasteiger partial charge on any atom is -0.448 e. The van der Waals surface area contributed by atoms with E-state index in [0.29, 0.717) is 0 Å². The Labute approximate surface area is 77.7 Å². The van der Waals surface area contributed by atoms with Crippen molar-refractivity contribution >= 4 is 0 Å². The van der Waals surface area contributed by atoms with Crippen LogP contribution < -0.4 is 5.73 Å². The van der Waals surface area contributed by atoms with Crippen molar-refractivity contribution in [1.29, 1.82) is 0 Å². The first-order valence-corrected chi connectivity index (χ1v) is 4.74. The number of oxazole rings is 1. The monoisotopic (exact) mass is 181 g/mol. The topological polar surface area (TPSA) is 55.3 Å². The number of hydrogen-bond donors (Lipinski definition) is 1. The zero-order valence-corrected chi connectivity index (χ0v) is 7.70. The second-order valence-electron chi connectivity index (χ2n) is 3.35. The maximum absolute atomic E-state index is 5.51. The second kappa shape index (κ2) is 3.89. The summed E-state index contributed by atoms with van der Waals surface area (Å²) in [5, 5.41) is 0. The van der Waals surface area contributed by atoms with Gasteiger partial charge in [0, 0.05) is 39.0 Å². The van der Waals surface area contributed by atoms with Crippen LogP contribution >= 0.6 is 0 Å². The van der Waals surface area contributed by atoms with E-state index < -0.39 is 0 Å². The van der Waals surface area contributed by atoms with Crippen LogP contribution in [-0.2, 0) is 12.8 Å². The Morgan fingerprint density at radius 2 is 2.31 bits per heavy atom. The highest BCUT2D eigenvalue weighted by atomic mass is 16.3. The molecular formula is C9H15N3O. The van der Waals surface area contributed by atoms with Gasteiger partial charge in [-0.05, 0) is 0 Å². The number of fused-ring (bicyclic) bond motifs is 1. The summed E-state index contributed by atoms with van der Waals surface area (Å²) in [7, 11) is 0. The Bertz CT molecular complexity index is 249. The largest absolute Gasteiger partial charge is 0.448 e. The first-order chi connectivity index (χ1) is 6.40. The molecule has 72 valence electrons. The summed E-state index contributed by atoms with van der Waals surface area (Å²) in [5.74, 6) is 1.06. The van der Waals surface area contributed by atoms with E-state index in [1.54, 1.807) is 6.39 Å². The van der Waals surface area contributed by atoms with Gasteiger partial charge in [0.25, 0.3) is 0 Å². The molecule has 13 heavy (non-hydrogen) atoms. The van der Waals surface area contributed by atoms with Gasteiger partial charge in [-0.3, -0.25) is 0 Å². The van der Waals surface area contributed by atoms with E-state index in [2.05, 4.69) is 9.88 Å². The van der Waals surface area contributed by atoms with E-state index in [1.165, 1.54) is 0 Å². The zero-order chi connectivity index (χ0) is 9.10. The van der Waals surface area contributed by atoms with Gasteiger partial charge in [-0.2, -0.15) is 0 Å². The van der Waals surface area contributed by atoms with Gasteiger partial charge in [0.1, 0.15) is 5.76 Å². The van der Waals surface area contributed by atoms with Crippen LogP contribution in [0.2, 0.25) is 0 Å². The van der Waals surface area contributed by atoms with Gasteiger partial charge >= 0.3 is 0 Å². The molecule has 4 nitrogen and oxygen atoms in total. The molecule has 0 fully saturated rings. The lowest BCUT2D eigenvalue weighted by atomic mass is 10.2. The normalized spacial score (nSPS) is 18.2. The summed E-state index contributed by atoms with van der Waals surface area (Å²) in [6.07, 6.45) is 3.50. The van der Waals surface area contributed by atoms with Crippen molar-refractivity contribution in [2.45, 2.75) is 12.8 Å². The molecule has 0 aromatic carbocycles. The SMILES string of the molecule is NCCN1CCc2ncoc2CC1. The van der Waals surface area contributed by atoms with Crippen LogP contribution in [0.15, 0.2) is 10.8 Å². The van der Waals surface area contributed by atoms with E-state index in [0.717, 1.165) is 50.5 Å². The summed E-state index contributed by atoms with van der Waals surface area (Å²) in [4.78, 5) is 6.55. The Morgan fingerprint density at radius 3 is 3.15 bits per heavy atom. The van der Waals surface area contributed by atoms with Crippen LogP contribution in [0, 0.1) is 0 Å². The fourth-order valence-corrected chi connectivity index (χ4v) is 1.74. The van der Waals surface area contributed by atoms with Crippen LogP contribution in [0.4, 0.5) is 0 Å². The molecule has 2 rings (SSSR count). The predicted molar refractivity (Wildman–Crippen MR) is 49.4 cm³/mol. The standard InChI is InChI=1S/C9H15N3O/c10-3-6-12-4-1-8-9(2-5-12)13-7-11-8/h7H,1-6,10H2. The van der Waals surface area contributed by atoms with E-state index in [-0.39, 0.29) is 0 Å². The van der Waals surface area contributed by atoms with Gasteiger partial charge in [-0.1, -0.05) is 0 Å². The van der Waals surface area contributed by atoms with Crippen molar-refractivity contribution < 1.29 is 4.42 Å². The highest BCUT2D eigenvalue weighted by molar-refractivity contribution is 5.09. The molecule has 0 amide bonds. The number of nitrogens with zero attached hydrogens (tertiary/aromatic N) is 2. The highest BCUT2D eigenvalue weighted by Gasteiger charge is 2.16. The molecule has 0 radical (unpaired) electrons. The molecule has 0 aliphatic carbocycles. The molecule has 1 aliphatic rings. The molecule has 0 unspecified atom stereocenters. The van der Waals surface area contributed by atoms with Crippen molar-refractivity contribution in [3.05, 3.63) is 17.8 Å². The van der Waals surface area contributed by atoms with Gasteiger partial charge in [0.2, 0.25) is 0 Å². The molecule has 2 heterocycles. The Hall–Kier alpha value is -0.870. The molecule has 1 aromatic rings. The van der Waals surface area contributed by atoms with Crippen molar-refractivity contribution in [2.24, 2.45) is 5.73 Å². The van der Waals surface area contributed by atoms with E-state index in [4.69, 9.17) is 10.2 Å². The summed E-state index contributed by atoms with van der Waals surface area (Å²) in [6, 6.07) is 0. The highest BCUT2D eigenvalue weighted by Crippen LogP contribution is 2.13. The smallest absolute Gasteiger partial charge is 0.181 e. The average Bonchev–Trinajstić information content (AvgIpc) is 2.50. The summed E-state index contributed by atoms with van der Waals surface area (Å²) in [6.45, 7) is 3.80. The van der Waals surface area contributed by atoms with E-state index in [1.807, 2.05) is 0 Å². The number of hydrogen-bond acceptors (Lipinski definition) is 4. The third-order valence-corrected chi connectivity index (χ3v) is 2.49. The molecular weight excluding hydrogens is 166 g/mol. The Morgan fingerprint density at radius 1 is 1.46 bits per heavy atom. The lowest BCUT2D eigenvalue weighted by Gasteiger charge is -2.17. The maximum atomic E-state index is 5.51.